The first-order valence-electron chi connectivity index (χ1n) is 5.98. The maximum atomic E-state index is 10.6. The van der Waals surface area contributed by atoms with E-state index >= 15 is 0 Å². The largest absolute Gasteiger partial charge is 0.344 e. The van der Waals surface area contributed by atoms with Crippen LogP contribution in [0.15, 0.2) is 42.5 Å². The molecule has 2 rings (SSSR count). The Bertz CT molecular complexity index is 558. The minimum atomic E-state index is 0.702. The fourth-order valence-electron chi connectivity index (χ4n) is 2.01. The highest BCUT2D eigenvalue weighted by atomic mass is 16.1. The summed E-state index contributed by atoms with van der Waals surface area (Å²) in [5.41, 5.74) is 5.53. The van der Waals surface area contributed by atoms with Crippen LogP contribution in [0.25, 0.3) is 0 Å². The third-order valence-electron chi connectivity index (χ3n) is 3.35. The van der Waals surface area contributed by atoms with Crippen LogP contribution < -0.4 is 4.90 Å². The van der Waals surface area contributed by atoms with Gasteiger partial charge in [0.1, 0.15) is 6.29 Å². The van der Waals surface area contributed by atoms with Gasteiger partial charge in [0.05, 0.1) is 0 Å². The highest BCUT2D eigenvalue weighted by Crippen LogP contribution is 2.28. The first-order valence-corrected chi connectivity index (χ1v) is 5.98. The van der Waals surface area contributed by atoms with Crippen LogP contribution in [0, 0.1) is 13.8 Å². The van der Waals surface area contributed by atoms with E-state index in [1.165, 1.54) is 16.8 Å². The molecule has 0 aliphatic heterocycles. The molecule has 0 unspecified atom stereocenters. The SMILES string of the molecule is Cc1cccc(N(C)c2ccc(C=O)cc2)c1C. The molecule has 0 saturated carbocycles. The first kappa shape index (κ1) is 12.4. The summed E-state index contributed by atoms with van der Waals surface area (Å²) in [5, 5.41) is 0. The summed E-state index contributed by atoms with van der Waals surface area (Å²) in [4.78, 5) is 12.8. The monoisotopic (exact) mass is 239 g/mol. The van der Waals surface area contributed by atoms with Crippen molar-refractivity contribution in [3.05, 3.63) is 59.2 Å². The lowest BCUT2D eigenvalue weighted by atomic mass is 10.1. The number of aldehydes is 1. The van der Waals surface area contributed by atoms with E-state index in [1.807, 2.05) is 31.3 Å². The van der Waals surface area contributed by atoms with E-state index in [9.17, 15) is 4.79 Å². The second-order valence-electron chi connectivity index (χ2n) is 4.49. The van der Waals surface area contributed by atoms with E-state index < -0.39 is 0 Å². The van der Waals surface area contributed by atoms with E-state index in [0.717, 1.165) is 12.0 Å². The lowest BCUT2D eigenvalue weighted by Gasteiger charge is -2.22. The summed E-state index contributed by atoms with van der Waals surface area (Å²) in [7, 11) is 2.04. The van der Waals surface area contributed by atoms with Gasteiger partial charge < -0.3 is 4.90 Å². The minimum absolute atomic E-state index is 0.702. The van der Waals surface area contributed by atoms with Crippen molar-refractivity contribution in [2.75, 3.05) is 11.9 Å². The molecule has 0 aliphatic rings. The number of hydrogen-bond donors (Lipinski definition) is 0. The molecule has 0 amide bonds. The molecule has 2 aromatic rings. The van der Waals surface area contributed by atoms with E-state index in [1.54, 1.807) is 0 Å². The van der Waals surface area contributed by atoms with Crippen molar-refractivity contribution in [1.82, 2.24) is 0 Å². The maximum absolute atomic E-state index is 10.6. The Morgan fingerprint density at radius 2 is 1.67 bits per heavy atom. The first-order chi connectivity index (χ1) is 8.63. The van der Waals surface area contributed by atoms with Crippen LogP contribution >= 0.6 is 0 Å². The van der Waals surface area contributed by atoms with Crippen LogP contribution in [0.4, 0.5) is 11.4 Å². The van der Waals surface area contributed by atoms with E-state index in [-0.39, 0.29) is 0 Å². The highest BCUT2D eigenvalue weighted by Gasteiger charge is 2.07. The third-order valence-corrected chi connectivity index (χ3v) is 3.35. The van der Waals surface area contributed by atoms with Crippen LogP contribution in [0.2, 0.25) is 0 Å². The van der Waals surface area contributed by atoms with E-state index in [4.69, 9.17) is 0 Å². The average Bonchev–Trinajstić information content (AvgIpc) is 2.41. The third kappa shape index (κ3) is 2.28. The Balaban J connectivity index is 2.37. The number of anilines is 2. The van der Waals surface area contributed by atoms with Crippen molar-refractivity contribution in [3.63, 3.8) is 0 Å². The van der Waals surface area contributed by atoms with Crippen LogP contribution in [0.5, 0.6) is 0 Å². The molecule has 0 fully saturated rings. The quantitative estimate of drug-likeness (QED) is 0.757. The van der Waals surface area contributed by atoms with Gasteiger partial charge in [0.2, 0.25) is 0 Å². The van der Waals surface area contributed by atoms with Crippen LogP contribution in [-0.4, -0.2) is 13.3 Å². The van der Waals surface area contributed by atoms with Crippen LogP contribution in [0.3, 0.4) is 0 Å². The highest BCUT2D eigenvalue weighted by molar-refractivity contribution is 5.76. The van der Waals surface area contributed by atoms with Crippen LogP contribution in [0.1, 0.15) is 21.5 Å². The van der Waals surface area contributed by atoms with Crippen molar-refractivity contribution >= 4 is 17.7 Å². The number of hydrogen-bond acceptors (Lipinski definition) is 2. The zero-order valence-electron chi connectivity index (χ0n) is 11.0. The topological polar surface area (TPSA) is 20.3 Å². The summed E-state index contributed by atoms with van der Waals surface area (Å²) < 4.78 is 0. The summed E-state index contributed by atoms with van der Waals surface area (Å²) in [6.07, 6.45) is 0.863. The Hall–Kier alpha value is -2.09. The lowest BCUT2D eigenvalue weighted by Crippen LogP contribution is -2.11. The molecule has 2 aromatic carbocycles. The number of nitrogens with zero attached hydrogens (tertiary/aromatic N) is 1. The fraction of sp³-hybridized carbons (Fsp3) is 0.188. The summed E-state index contributed by atoms with van der Waals surface area (Å²) >= 11 is 0. The Morgan fingerprint density at radius 1 is 1.00 bits per heavy atom. The second-order valence-corrected chi connectivity index (χ2v) is 4.49. The smallest absolute Gasteiger partial charge is 0.150 e. The van der Waals surface area contributed by atoms with Gasteiger partial charge in [0, 0.05) is 24.0 Å². The fourth-order valence-corrected chi connectivity index (χ4v) is 2.01. The van der Waals surface area contributed by atoms with E-state index in [2.05, 4.69) is 36.9 Å². The Kier molecular flexibility index (Phi) is 3.47. The van der Waals surface area contributed by atoms with E-state index in [0.29, 0.717) is 5.56 Å². The second kappa shape index (κ2) is 5.05. The molecule has 0 heterocycles. The Labute approximate surface area is 108 Å². The zero-order chi connectivity index (χ0) is 13.1. The Morgan fingerprint density at radius 3 is 2.28 bits per heavy atom. The van der Waals surface area contributed by atoms with Gasteiger partial charge in [-0.05, 0) is 55.3 Å². The lowest BCUT2D eigenvalue weighted by molar-refractivity contribution is 0.112. The van der Waals surface area contributed by atoms with Gasteiger partial charge in [-0.2, -0.15) is 0 Å². The summed E-state index contributed by atoms with van der Waals surface area (Å²) in [6.45, 7) is 4.24. The predicted octanol–water partition coefficient (Wildman–Crippen LogP) is 3.88. The molecule has 0 radical (unpaired) electrons. The van der Waals surface area contributed by atoms with Crippen molar-refractivity contribution < 1.29 is 4.79 Å². The van der Waals surface area contributed by atoms with Crippen molar-refractivity contribution in [2.24, 2.45) is 0 Å². The average molecular weight is 239 g/mol. The molecule has 92 valence electrons. The summed E-state index contributed by atoms with van der Waals surface area (Å²) in [6, 6.07) is 13.9. The van der Waals surface area contributed by atoms with Gasteiger partial charge in [0.25, 0.3) is 0 Å². The molecule has 2 heteroatoms. The molecule has 0 aromatic heterocycles. The van der Waals surface area contributed by atoms with Crippen molar-refractivity contribution in [3.8, 4) is 0 Å². The van der Waals surface area contributed by atoms with Crippen LogP contribution in [-0.2, 0) is 0 Å². The molecule has 0 bridgehead atoms. The van der Waals surface area contributed by atoms with Gasteiger partial charge in [-0.25, -0.2) is 0 Å². The van der Waals surface area contributed by atoms with Gasteiger partial charge >= 0.3 is 0 Å². The molecular weight excluding hydrogens is 222 g/mol. The molecule has 0 atom stereocenters. The number of carbonyl (C=O) groups excluding carboxylic acids is 1. The molecule has 18 heavy (non-hydrogen) atoms. The predicted molar refractivity (Wildman–Crippen MR) is 75.8 cm³/mol. The molecular formula is C16H17NO. The number of benzene rings is 2. The minimum Gasteiger partial charge on any atom is -0.344 e. The molecule has 0 N–H and O–H groups in total. The molecule has 2 nitrogen and oxygen atoms in total. The molecule has 0 saturated heterocycles. The summed E-state index contributed by atoms with van der Waals surface area (Å²) in [5.74, 6) is 0. The van der Waals surface area contributed by atoms with Gasteiger partial charge in [-0.15, -0.1) is 0 Å². The normalized spacial score (nSPS) is 10.2. The van der Waals surface area contributed by atoms with Crippen molar-refractivity contribution in [1.29, 1.82) is 0 Å². The standard InChI is InChI=1S/C16H17NO/c1-12-5-4-6-16(13(12)2)17(3)15-9-7-14(11-18)8-10-15/h4-11H,1-3H3. The van der Waals surface area contributed by atoms with Gasteiger partial charge in [0.15, 0.2) is 0 Å². The maximum Gasteiger partial charge on any atom is 0.150 e. The zero-order valence-corrected chi connectivity index (χ0v) is 11.0. The molecule has 0 spiro atoms. The number of rotatable bonds is 3. The number of carbonyl (C=O) groups is 1. The molecule has 0 aliphatic carbocycles. The number of aryl methyl sites for hydroxylation is 1. The van der Waals surface area contributed by atoms with Gasteiger partial charge in [-0.1, -0.05) is 12.1 Å². The van der Waals surface area contributed by atoms with Crippen molar-refractivity contribution in [2.45, 2.75) is 13.8 Å². The van der Waals surface area contributed by atoms with Gasteiger partial charge in [-0.3, -0.25) is 4.79 Å².